The summed E-state index contributed by atoms with van der Waals surface area (Å²) in [6, 6.07) is 10.7. The number of aryl methyl sites for hydroxylation is 2. The Balaban J connectivity index is 1.44. The average Bonchev–Trinajstić information content (AvgIpc) is 3.39. The van der Waals surface area contributed by atoms with Crippen LogP contribution in [0.5, 0.6) is 0 Å². The van der Waals surface area contributed by atoms with Gasteiger partial charge in [-0.3, -0.25) is 9.69 Å². The highest BCUT2D eigenvalue weighted by molar-refractivity contribution is 6.04. The van der Waals surface area contributed by atoms with Crippen molar-refractivity contribution in [1.29, 1.82) is 0 Å². The van der Waals surface area contributed by atoms with Crippen LogP contribution in [-0.4, -0.2) is 26.1 Å². The van der Waals surface area contributed by atoms with Gasteiger partial charge in [0.2, 0.25) is 0 Å². The fourth-order valence-electron chi connectivity index (χ4n) is 5.18. The van der Waals surface area contributed by atoms with Gasteiger partial charge in [-0.15, -0.1) is 0 Å². The summed E-state index contributed by atoms with van der Waals surface area (Å²) in [6.45, 7) is 10.6. The number of hydrogen-bond acceptors (Lipinski definition) is 5. The molecule has 7 heteroatoms. The van der Waals surface area contributed by atoms with E-state index in [9.17, 15) is 9.59 Å². The molecule has 2 aliphatic rings. The Morgan fingerprint density at radius 2 is 1.83 bits per heavy atom. The Labute approximate surface area is 203 Å². The standard InChI is InChI=1S/C28H29N3O4/c1-15-21(17-6-7-18-13-30(14-19(18)12-17)27(33)35-28(3,4)5)10-11-22-24(15)31(20-8-9-20)26(32)23-25(22)34-16(2)29-23/h6-7,10-12,20H,8-9,13-14H2,1-5H3. The number of hydrogen-bond donors (Lipinski definition) is 0. The molecule has 2 aromatic heterocycles. The topological polar surface area (TPSA) is 77.6 Å². The van der Waals surface area contributed by atoms with Gasteiger partial charge in [0, 0.05) is 31.4 Å². The Hall–Kier alpha value is -3.61. The lowest BCUT2D eigenvalue weighted by Crippen LogP contribution is -2.33. The van der Waals surface area contributed by atoms with Crippen molar-refractivity contribution in [3.8, 4) is 11.1 Å². The third-order valence-corrected chi connectivity index (χ3v) is 6.88. The second-order valence-electron chi connectivity index (χ2n) is 10.8. The van der Waals surface area contributed by atoms with E-state index < -0.39 is 5.60 Å². The molecule has 4 aromatic rings. The first kappa shape index (κ1) is 21.9. The monoisotopic (exact) mass is 471 g/mol. The largest absolute Gasteiger partial charge is 0.444 e. The van der Waals surface area contributed by atoms with Crippen LogP contribution in [0.15, 0.2) is 39.5 Å². The van der Waals surface area contributed by atoms with E-state index in [1.165, 1.54) is 0 Å². The van der Waals surface area contributed by atoms with Crippen molar-refractivity contribution in [2.45, 2.75) is 72.2 Å². The molecule has 1 saturated carbocycles. The van der Waals surface area contributed by atoms with Gasteiger partial charge in [0.05, 0.1) is 5.52 Å². The zero-order valence-corrected chi connectivity index (χ0v) is 20.8. The van der Waals surface area contributed by atoms with Crippen molar-refractivity contribution in [3.63, 3.8) is 0 Å². The summed E-state index contributed by atoms with van der Waals surface area (Å²) in [5, 5.41) is 0.922. The van der Waals surface area contributed by atoms with E-state index in [2.05, 4.69) is 36.2 Å². The Morgan fingerprint density at radius 3 is 2.54 bits per heavy atom. The number of nitrogens with zero attached hydrogens (tertiary/aromatic N) is 3. The maximum Gasteiger partial charge on any atom is 0.410 e. The number of ether oxygens (including phenoxy) is 1. The number of carbonyl (C=O) groups excluding carboxylic acids is 1. The van der Waals surface area contributed by atoms with Gasteiger partial charge in [-0.1, -0.05) is 18.2 Å². The molecule has 0 bridgehead atoms. The second kappa shape index (κ2) is 7.44. The molecule has 1 fully saturated rings. The molecule has 3 heterocycles. The van der Waals surface area contributed by atoms with Gasteiger partial charge >= 0.3 is 6.09 Å². The predicted molar refractivity (Wildman–Crippen MR) is 134 cm³/mol. The van der Waals surface area contributed by atoms with Gasteiger partial charge < -0.3 is 13.7 Å². The number of aromatic nitrogens is 2. The quantitative estimate of drug-likeness (QED) is 0.358. The number of pyridine rings is 1. The highest BCUT2D eigenvalue weighted by atomic mass is 16.6. The molecular weight excluding hydrogens is 442 g/mol. The zero-order valence-electron chi connectivity index (χ0n) is 20.8. The van der Waals surface area contributed by atoms with E-state index in [0.717, 1.165) is 51.6 Å². The number of oxazole rings is 1. The highest BCUT2D eigenvalue weighted by Crippen LogP contribution is 2.41. The minimum atomic E-state index is -0.524. The van der Waals surface area contributed by atoms with Crippen LogP contribution in [0.25, 0.3) is 33.1 Å². The summed E-state index contributed by atoms with van der Waals surface area (Å²) in [5.41, 5.74) is 6.74. The molecule has 7 nitrogen and oxygen atoms in total. The normalized spacial score (nSPS) is 15.7. The van der Waals surface area contributed by atoms with Crippen molar-refractivity contribution < 1.29 is 13.9 Å². The SMILES string of the molecule is Cc1nc2c(=O)n(C3CC3)c3c(C)c(-c4ccc5c(c4)CN(C(=O)OC(C)(C)C)C5)ccc3c2o1. The first-order valence-electron chi connectivity index (χ1n) is 12.2. The average molecular weight is 472 g/mol. The summed E-state index contributed by atoms with van der Waals surface area (Å²) >= 11 is 0. The summed E-state index contributed by atoms with van der Waals surface area (Å²) in [5.74, 6) is 0.502. The fourth-order valence-corrected chi connectivity index (χ4v) is 5.18. The molecule has 1 aliphatic carbocycles. The van der Waals surface area contributed by atoms with Crippen LogP contribution in [-0.2, 0) is 17.8 Å². The summed E-state index contributed by atoms with van der Waals surface area (Å²) < 4.78 is 13.4. The molecule has 0 radical (unpaired) electrons. The van der Waals surface area contributed by atoms with E-state index in [1.807, 2.05) is 31.4 Å². The van der Waals surface area contributed by atoms with Crippen LogP contribution in [0.1, 0.15) is 62.2 Å². The maximum atomic E-state index is 13.4. The van der Waals surface area contributed by atoms with Gasteiger partial charge in [0.15, 0.2) is 17.0 Å². The van der Waals surface area contributed by atoms with Crippen LogP contribution in [0.3, 0.4) is 0 Å². The molecule has 0 unspecified atom stereocenters. The third kappa shape index (κ3) is 3.61. The van der Waals surface area contributed by atoms with E-state index in [1.54, 1.807) is 11.8 Å². The molecular formula is C28H29N3O4. The van der Waals surface area contributed by atoms with Gasteiger partial charge in [0.25, 0.3) is 5.56 Å². The predicted octanol–water partition coefficient (Wildman–Crippen LogP) is 6.01. The molecule has 2 aromatic carbocycles. The lowest BCUT2D eigenvalue weighted by Gasteiger charge is -2.24. The van der Waals surface area contributed by atoms with Gasteiger partial charge in [-0.2, -0.15) is 0 Å². The smallest absolute Gasteiger partial charge is 0.410 e. The van der Waals surface area contributed by atoms with Crippen molar-refractivity contribution in [1.82, 2.24) is 14.5 Å². The van der Waals surface area contributed by atoms with Crippen LogP contribution >= 0.6 is 0 Å². The van der Waals surface area contributed by atoms with Crippen LogP contribution in [0.4, 0.5) is 4.79 Å². The number of benzene rings is 2. The van der Waals surface area contributed by atoms with E-state index in [-0.39, 0.29) is 17.7 Å². The highest BCUT2D eigenvalue weighted by Gasteiger charge is 2.31. The lowest BCUT2D eigenvalue weighted by molar-refractivity contribution is 0.0242. The minimum Gasteiger partial charge on any atom is -0.444 e. The van der Waals surface area contributed by atoms with Crippen molar-refractivity contribution in [2.75, 3.05) is 0 Å². The summed E-state index contributed by atoms with van der Waals surface area (Å²) in [7, 11) is 0. The molecule has 35 heavy (non-hydrogen) atoms. The number of rotatable bonds is 2. The van der Waals surface area contributed by atoms with Crippen molar-refractivity contribution in [2.24, 2.45) is 0 Å². The molecule has 1 amide bonds. The van der Waals surface area contributed by atoms with Gasteiger partial charge in [-0.25, -0.2) is 9.78 Å². The van der Waals surface area contributed by atoms with Crippen molar-refractivity contribution in [3.05, 3.63) is 63.3 Å². The summed E-state index contributed by atoms with van der Waals surface area (Å²) in [6.07, 6.45) is 1.71. The Kier molecular flexibility index (Phi) is 4.66. The maximum absolute atomic E-state index is 13.4. The van der Waals surface area contributed by atoms with Crippen LogP contribution in [0.2, 0.25) is 0 Å². The molecule has 1 aliphatic heterocycles. The fraction of sp³-hybridized carbons (Fsp3) is 0.393. The van der Waals surface area contributed by atoms with Gasteiger partial charge in [-0.05, 0) is 80.5 Å². The number of fused-ring (bicyclic) bond motifs is 4. The molecule has 6 rings (SSSR count). The lowest BCUT2D eigenvalue weighted by atomic mass is 9.95. The van der Waals surface area contributed by atoms with E-state index in [4.69, 9.17) is 9.15 Å². The molecule has 0 saturated heterocycles. The molecule has 0 atom stereocenters. The number of carbonyl (C=O) groups is 1. The van der Waals surface area contributed by atoms with Crippen molar-refractivity contribution >= 4 is 28.1 Å². The summed E-state index contributed by atoms with van der Waals surface area (Å²) in [4.78, 5) is 32.1. The minimum absolute atomic E-state index is 0.0749. The third-order valence-electron chi connectivity index (χ3n) is 6.88. The van der Waals surface area contributed by atoms with E-state index in [0.29, 0.717) is 30.1 Å². The molecule has 0 N–H and O–H groups in total. The van der Waals surface area contributed by atoms with Crippen LogP contribution in [0, 0.1) is 13.8 Å². The first-order chi connectivity index (χ1) is 16.6. The first-order valence-corrected chi connectivity index (χ1v) is 12.2. The zero-order chi connectivity index (χ0) is 24.6. The molecule has 0 spiro atoms. The molecule has 180 valence electrons. The van der Waals surface area contributed by atoms with Crippen LogP contribution < -0.4 is 5.56 Å². The van der Waals surface area contributed by atoms with Gasteiger partial charge in [0.1, 0.15) is 5.60 Å². The number of amides is 1. The second-order valence-corrected chi connectivity index (χ2v) is 10.8. The van der Waals surface area contributed by atoms with E-state index >= 15 is 0 Å². The Bertz CT molecular complexity index is 1580. The Morgan fingerprint density at radius 1 is 1.09 bits per heavy atom.